The van der Waals surface area contributed by atoms with E-state index in [2.05, 4.69) is 10.3 Å². The summed E-state index contributed by atoms with van der Waals surface area (Å²) in [5.74, 6) is 0. The summed E-state index contributed by atoms with van der Waals surface area (Å²) >= 11 is 0. The van der Waals surface area contributed by atoms with Gasteiger partial charge in [-0.15, -0.1) is 0 Å². The standard InChI is InChI=1S/C10H14N2O/c1-4-11-5-2-9(1)8-13-10-3-6-12-7-10/h1-2,4-5,10,12H,3,6-8H2/t10-/m0/s1. The van der Waals surface area contributed by atoms with Crippen LogP contribution in [0.2, 0.25) is 0 Å². The molecule has 1 aromatic heterocycles. The molecule has 3 nitrogen and oxygen atoms in total. The number of ether oxygens (including phenoxy) is 1. The summed E-state index contributed by atoms with van der Waals surface area (Å²) in [4.78, 5) is 3.96. The number of nitrogens with zero attached hydrogens (tertiary/aromatic N) is 1. The first-order valence-corrected chi connectivity index (χ1v) is 4.66. The van der Waals surface area contributed by atoms with Crippen LogP contribution < -0.4 is 5.32 Å². The lowest BCUT2D eigenvalue weighted by atomic mass is 10.3. The molecule has 0 spiro atoms. The minimum absolute atomic E-state index is 0.396. The fourth-order valence-electron chi connectivity index (χ4n) is 1.46. The number of aromatic nitrogens is 1. The molecule has 1 aliphatic heterocycles. The molecule has 2 heterocycles. The normalized spacial score (nSPS) is 22.0. The van der Waals surface area contributed by atoms with E-state index in [4.69, 9.17) is 4.74 Å². The van der Waals surface area contributed by atoms with Crippen LogP contribution in [0.1, 0.15) is 12.0 Å². The van der Waals surface area contributed by atoms with Gasteiger partial charge in [0.2, 0.25) is 0 Å². The van der Waals surface area contributed by atoms with Crippen LogP contribution in [-0.2, 0) is 11.3 Å². The second-order valence-corrected chi connectivity index (χ2v) is 3.28. The van der Waals surface area contributed by atoms with E-state index in [9.17, 15) is 0 Å². The van der Waals surface area contributed by atoms with Crippen molar-refractivity contribution in [2.45, 2.75) is 19.1 Å². The molecule has 1 fully saturated rings. The average molecular weight is 178 g/mol. The third-order valence-corrected chi connectivity index (χ3v) is 2.25. The maximum Gasteiger partial charge on any atom is 0.0722 e. The molecular weight excluding hydrogens is 164 g/mol. The molecule has 1 N–H and O–H groups in total. The molecule has 0 amide bonds. The predicted molar refractivity (Wildman–Crippen MR) is 50.3 cm³/mol. The van der Waals surface area contributed by atoms with Gasteiger partial charge in [-0.2, -0.15) is 0 Å². The van der Waals surface area contributed by atoms with E-state index in [1.54, 1.807) is 12.4 Å². The summed E-state index contributed by atoms with van der Waals surface area (Å²) in [6.45, 7) is 2.78. The Morgan fingerprint density at radius 2 is 2.31 bits per heavy atom. The highest BCUT2D eigenvalue weighted by Gasteiger charge is 2.14. The third-order valence-electron chi connectivity index (χ3n) is 2.25. The highest BCUT2D eigenvalue weighted by atomic mass is 16.5. The van der Waals surface area contributed by atoms with E-state index in [1.807, 2.05) is 12.1 Å². The maximum atomic E-state index is 5.70. The first-order valence-electron chi connectivity index (χ1n) is 4.66. The molecule has 1 atom stereocenters. The van der Waals surface area contributed by atoms with Crippen molar-refractivity contribution in [2.75, 3.05) is 13.1 Å². The van der Waals surface area contributed by atoms with Gasteiger partial charge in [0.15, 0.2) is 0 Å². The lowest BCUT2D eigenvalue weighted by molar-refractivity contribution is 0.0542. The Morgan fingerprint density at radius 3 is 3.00 bits per heavy atom. The summed E-state index contributed by atoms with van der Waals surface area (Å²) in [5.41, 5.74) is 1.20. The lowest BCUT2D eigenvalue weighted by Crippen LogP contribution is -2.16. The highest BCUT2D eigenvalue weighted by Crippen LogP contribution is 2.07. The van der Waals surface area contributed by atoms with Gasteiger partial charge < -0.3 is 10.1 Å². The molecule has 0 aliphatic carbocycles. The molecule has 13 heavy (non-hydrogen) atoms. The van der Waals surface area contributed by atoms with Gasteiger partial charge in [-0.1, -0.05) is 0 Å². The molecule has 0 radical (unpaired) electrons. The second kappa shape index (κ2) is 4.35. The average Bonchev–Trinajstić information content (AvgIpc) is 2.69. The van der Waals surface area contributed by atoms with E-state index in [0.29, 0.717) is 12.7 Å². The van der Waals surface area contributed by atoms with Gasteiger partial charge in [-0.3, -0.25) is 4.98 Å². The molecule has 0 saturated carbocycles. The molecule has 0 bridgehead atoms. The smallest absolute Gasteiger partial charge is 0.0722 e. The summed E-state index contributed by atoms with van der Waals surface area (Å²) in [6, 6.07) is 3.98. The van der Waals surface area contributed by atoms with Crippen LogP contribution in [0, 0.1) is 0 Å². The molecule has 1 aliphatic rings. The van der Waals surface area contributed by atoms with Gasteiger partial charge >= 0.3 is 0 Å². The Bertz CT molecular complexity index is 244. The quantitative estimate of drug-likeness (QED) is 0.748. The zero-order valence-corrected chi connectivity index (χ0v) is 7.57. The van der Waals surface area contributed by atoms with Crippen molar-refractivity contribution >= 4 is 0 Å². The summed E-state index contributed by atoms with van der Waals surface area (Å²) in [5, 5.41) is 3.27. The Kier molecular flexibility index (Phi) is 2.90. The minimum Gasteiger partial charge on any atom is -0.372 e. The number of pyridine rings is 1. The van der Waals surface area contributed by atoms with Crippen molar-refractivity contribution in [1.82, 2.24) is 10.3 Å². The van der Waals surface area contributed by atoms with Crippen LogP contribution in [0.4, 0.5) is 0 Å². The Morgan fingerprint density at radius 1 is 1.46 bits per heavy atom. The van der Waals surface area contributed by atoms with E-state index < -0.39 is 0 Å². The Labute approximate surface area is 78.1 Å². The highest BCUT2D eigenvalue weighted by molar-refractivity contribution is 5.08. The summed E-state index contributed by atoms with van der Waals surface area (Å²) in [6.07, 6.45) is 5.12. The van der Waals surface area contributed by atoms with Crippen LogP contribution in [0.25, 0.3) is 0 Å². The Balaban J connectivity index is 1.79. The lowest BCUT2D eigenvalue weighted by Gasteiger charge is -2.09. The van der Waals surface area contributed by atoms with Crippen molar-refractivity contribution in [3.63, 3.8) is 0 Å². The molecule has 0 unspecified atom stereocenters. The zero-order valence-electron chi connectivity index (χ0n) is 7.57. The monoisotopic (exact) mass is 178 g/mol. The molecule has 2 rings (SSSR count). The van der Waals surface area contributed by atoms with E-state index in [-0.39, 0.29) is 0 Å². The van der Waals surface area contributed by atoms with Gasteiger partial charge in [0.1, 0.15) is 0 Å². The molecule has 3 heteroatoms. The van der Waals surface area contributed by atoms with Gasteiger partial charge in [-0.05, 0) is 30.7 Å². The zero-order chi connectivity index (χ0) is 8.93. The first-order chi connectivity index (χ1) is 6.45. The van der Waals surface area contributed by atoms with Crippen LogP contribution in [-0.4, -0.2) is 24.2 Å². The number of hydrogen-bond donors (Lipinski definition) is 1. The second-order valence-electron chi connectivity index (χ2n) is 3.28. The Hall–Kier alpha value is -0.930. The van der Waals surface area contributed by atoms with Gasteiger partial charge in [0.05, 0.1) is 12.7 Å². The minimum atomic E-state index is 0.396. The molecular formula is C10H14N2O. The largest absolute Gasteiger partial charge is 0.372 e. The fraction of sp³-hybridized carbons (Fsp3) is 0.500. The first kappa shape index (κ1) is 8.66. The van der Waals surface area contributed by atoms with Crippen molar-refractivity contribution in [2.24, 2.45) is 0 Å². The van der Waals surface area contributed by atoms with Crippen molar-refractivity contribution in [1.29, 1.82) is 0 Å². The summed E-state index contributed by atoms with van der Waals surface area (Å²) in [7, 11) is 0. The van der Waals surface area contributed by atoms with Gasteiger partial charge in [-0.25, -0.2) is 0 Å². The van der Waals surface area contributed by atoms with E-state index in [1.165, 1.54) is 5.56 Å². The molecule has 0 aromatic carbocycles. The van der Waals surface area contributed by atoms with Gasteiger partial charge in [0.25, 0.3) is 0 Å². The third kappa shape index (κ3) is 2.50. The fourth-order valence-corrected chi connectivity index (χ4v) is 1.46. The van der Waals surface area contributed by atoms with Crippen LogP contribution in [0.15, 0.2) is 24.5 Å². The SMILES string of the molecule is c1cc(CO[C@H]2CCNC2)ccn1. The molecule has 1 saturated heterocycles. The van der Waals surface area contributed by atoms with Crippen molar-refractivity contribution in [3.8, 4) is 0 Å². The van der Waals surface area contributed by atoms with Gasteiger partial charge in [0, 0.05) is 18.9 Å². The number of rotatable bonds is 3. The maximum absolute atomic E-state index is 5.70. The molecule has 1 aromatic rings. The van der Waals surface area contributed by atoms with Crippen LogP contribution in [0.3, 0.4) is 0 Å². The molecule has 70 valence electrons. The topological polar surface area (TPSA) is 34.1 Å². The number of nitrogens with one attached hydrogen (secondary N) is 1. The van der Waals surface area contributed by atoms with Crippen molar-refractivity contribution < 1.29 is 4.74 Å². The van der Waals surface area contributed by atoms with E-state index in [0.717, 1.165) is 19.5 Å². The van der Waals surface area contributed by atoms with E-state index >= 15 is 0 Å². The summed E-state index contributed by atoms with van der Waals surface area (Å²) < 4.78 is 5.70. The number of hydrogen-bond acceptors (Lipinski definition) is 3. The van der Waals surface area contributed by atoms with Crippen LogP contribution in [0.5, 0.6) is 0 Å². The predicted octanol–water partition coefficient (Wildman–Crippen LogP) is 0.960. The van der Waals surface area contributed by atoms with Crippen LogP contribution >= 0.6 is 0 Å². The van der Waals surface area contributed by atoms with Crippen molar-refractivity contribution in [3.05, 3.63) is 30.1 Å².